The molecule has 0 N–H and O–H groups in total. The predicted molar refractivity (Wildman–Crippen MR) is 108 cm³/mol. The minimum Gasteiger partial charge on any atom is -0.280 e. The number of fused-ring (bicyclic) bond motifs is 2. The Morgan fingerprint density at radius 1 is 0.741 bits per heavy atom. The fourth-order valence-electron chi connectivity index (χ4n) is 7.11. The van der Waals surface area contributed by atoms with Crippen molar-refractivity contribution in [2.45, 2.75) is 51.4 Å². The van der Waals surface area contributed by atoms with Crippen molar-refractivity contribution in [1.82, 2.24) is 0 Å². The third kappa shape index (κ3) is 2.35. The van der Waals surface area contributed by atoms with Gasteiger partial charge in [-0.3, -0.25) is 9.69 Å². The fraction of sp³-hybridized carbons (Fsp3) is 0.480. The Morgan fingerprint density at radius 3 is 1.67 bits per heavy atom. The van der Waals surface area contributed by atoms with Crippen molar-refractivity contribution < 1.29 is 4.79 Å². The van der Waals surface area contributed by atoms with Gasteiger partial charge in [-0.25, -0.2) is 0 Å². The molecule has 1 amide bonds. The van der Waals surface area contributed by atoms with E-state index in [4.69, 9.17) is 0 Å². The number of aryl methyl sites for hydroxylation is 2. The van der Waals surface area contributed by atoms with Crippen LogP contribution in [-0.2, 0) is 17.6 Å². The second-order valence-corrected chi connectivity index (χ2v) is 9.60. The average Bonchev–Trinajstić information content (AvgIpc) is 2.83. The van der Waals surface area contributed by atoms with Gasteiger partial charge in [0.05, 0.1) is 16.8 Å². The summed E-state index contributed by atoms with van der Waals surface area (Å²) in [7, 11) is 0. The fourth-order valence-corrected chi connectivity index (χ4v) is 7.11. The monoisotopic (exact) mass is 357 g/mol. The van der Waals surface area contributed by atoms with Crippen molar-refractivity contribution in [3.8, 4) is 0 Å². The molecule has 2 aromatic carbocycles. The number of anilines is 2. The van der Waals surface area contributed by atoms with Gasteiger partial charge in [-0.05, 0) is 92.4 Å². The Hall–Kier alpha value is -2.09. The van der Waals surface area contributed by atoms with Gasteiger partial charge in [0.25, 0.3) is 0 Å². The van der Waals surface area contributed by atoms with E-state index >= 15 is 0 Å². The molecule has 1 aliphatic heterocycles. The molecule has 4 fully saturated rings. The number of hydrogen-bond donors (Lipinski definition) is 0. The summed E-state index contributed by atoms with van der Waals surface area (Å²) in [5.74, 6) is 2.76. The number of amides is 1. The first-order chi connectivity index (χ1) is 13.2. The third-order valence-electron chi connectivity index (χ3n) is 7.82. The molecule has 27 heavy (non-hydrogen) atoms. The van der Waals surface area contributed by atoms with Crippen LogP contribution in [0.4, 0.5) is 11.4 Å². The molecule has 5 aliphatic rings. The Morgan fingerprint density at radius 2 is 1.19 bits per heavy atom. The summed E-state index contributed by atoms with van der Waals surface area (Å²) in [5.41, 5.74) is 4.77. The molecular formula is C25H27NO. The Balaban J connectivity index is 1.50. The lowest BCUT2D eigenvalue weighted by molar-refractivity contribution is -0.142. The van der Waals surface area contributed by atoms with E-state index in [1.807, 2.05) is 0 Å². The highest BCUT2D eigenvalue weighted by Gasteiger charge is 2.56. The SMILES string of the molecule is O=C(N1c2ccccc2CCc2ccccc21)C12CC3CC(CC(C3)C1)C2. The van der Waals surface area contributed by atoms with Crippen molar-refractivity contribution in [1.29, 1.82) is 0 Å². The van der Waals surface area contributed by atoms with Crippen LogP contribution in [-0.4, -0.2) is 5.91 Å². The number of nitrogens with zero attached hydrogens (tertiary/aromatic N) is 1. The molecule has 0 radical (unpaired) electrons. The van der Waals surface area contributed by atoms with E-state index in [2.05, 4.69) is 53.4 Å². The number of carbonyl (C=O) groups excluding carboxylic acids is 1. The van der Waals surface area contributed by atoms with Gasteiger partial charge >= 0.3 is 0 Å². The molecule has 4 aliphatic carbocycles. The molecule has 4 saturated carbocycles. The molecule has 2 heteroatoms. The number of hydrogen-bond acceptors (Lipinski definition) is 1. The van der Waals surface area contributed by atoms with Gasteiger partial charge in [-0.1, -0.05) is 36.4 Å². The van der Waals surface area contributed by atoms with Crippen LogP contribution in [0.1, 0.15) is 49.7 Å². The zero-order valence-corrected chi connectivity index (χ0v) is 15.9. The van der Waals surface area contributed by atoms with Gasteiger partial charge in [0.1, 0.15) is 0 Å². The summed E-state index contributed by atoms with van der Waals surface area (Å²) in [6.07, 6.45) is 9.52. The highest BCUT2D eigenvalue weighted by Crippen LogP contribution is 2.61. The van der Waals surface area contributed by atoms with Crippen molar-refractivity contribution in [3.05, 3.63) is 59.7 Å². The largest absolute Gasteiger partial charge is 0.280 e. The number of carbonyl (C=O) groups is 1. The third-order valence-corrected chi connectivity index (χ3v) is 7.82. The molecule has 7 rings (SSSR count). The van der Waals surface area contributed by atoms with Crippen LogP contribution in [0.25, 0.3) is 0 Å². The van der Waals surface area contributed by atoms with Crippen LogP contribution in [0.15, 0.2) is 48.5 Å². The maximum absolute atomic E-state index is 14.3. The van der Waals surface area contributed by atoms with E-state index in [9.17, 15) is 4.79 Å². The normalized spacial score (nSPS) is 33.3. The van der Waals surface area contributed by atoms with Crippen LogP contribution in [0.5, 0.6) is 0 Å². The second-order valence-electron chi connectivity index (χ2n) is 9.60. The van der Waals surface area contributed by atoms with E-state index < -0.39 is 0 Å². The second kappa shape index (κ2) is 5.70. The van der Waals surface area contributed by atoms with E-state index in [0.29, 0.717) is 5.91 Å². The zero-order valence-electron chi connectivity index (χ0n) is 15.9. The predicted octanol–water partition coefficient (Wildman–Crippen LogP) is 5.67. The minimum absolute atomic E-state index is 0.112. The van der Waals surface area contributed by atoms with Gasteiger partial charge in [0, 0.05) is 0 Å². The first-order valence-corrected chi connectivity index (χ1v) is 10.7. The Bertz CT molecular complexity index is 831. The summed E-state index contributed by atoms with van der Waals surface area (Å²) in [6.45, 7) is 0. The smallest absolute Gasteiger partial charge is 0.237 e. The van der Waals surface area contributed by atoms with Gasteiger partial charge in [0.2, 0.25) is 5.91 Å². The molecule has 138 valence electrons. The molecule has 0 aromatic heterocycles. The maximum atomic E-state index is 14.3. The lowest BCUT2D eigenvalue weighted by Crippen LogP contribution is -2.54. The molecule has 0 unspecified atom stereocenters. The van der Waals surface area contributed by atoms with Crippen LogP contribution < -0.4 is 4.90 Å². The summed E-state index contributed by atoms with van der Waals surface area (Å²) in [6, 6.07) is 17.2. The average molecular weight is 357 g/mol. The molecular weight excluding hydrogens is 330 g/mol. The first kappa shape index (κ1) is 15.9. The van der Waals surface area contributed by atoms with E-state index in [0.717, 1.165) is 61.2 Å². The van der Waals surface area contributed by atoms with Gasteiger partial charge in [0.15, 0.2) is 0 Å². The molecule has 2 aromatic rings. The summed E-state index contributed by atoms with van der Waals surface area (Å²) in [4.78, 5) is 16.4. The highest BCUT2D eigenvalue weighted by atomic mass is 16.2. The van der Waals surface area contributed by atoms with Gasteiger partial charge in [-0.15, -0.1) is 0 Å². The summed E-state index contributed by atoms with van der Waals surface area (Å²) < 4.78 is 0. The quantitative estimate of drug-likeness (QED) is 0.644. The summed E-state index contributed by atoms with van der Waals surface area (Å²) in [5, 5.41) is 0. The minimum atomic E-state index is -0.112. The molecule has 0 saturated heterocycles. The molecule has 1 heterocycles. The number of para-hydroxylation sites is 2. The number of rotatable bonds is 1. The van der Waals surface area contributed by atoms with Crippen molar-refractivity contribution in [2.75, 3.05) is 4.90 Å². The van der Waals surface area contributed by atoms with Gasteiger partial charge < -0.3 is 0 Å². The van der Waals surface area contributed by atoms with Crippen molar-refractivity contribution in [3.63, 3.8) is 0 Å². The molecule has 2 nitrogen and oxygen atoms in total. The first-order valence-electron chi connectivity index (χ1n) is 10.7. The van der Waals surface area contributed by atoms with Gasteiger partial charge in [-0.2, -0.15) is 0 Å². The van der Waals surface area contributed by atoms with Crippen molar-refractivity contribution >= 4 is 17.3 Å². The molecule has 0 spiro atoms. The lowest BCUT2D eigenvalue weighted by atomic mass is 9.49. The van der Waals surface area contributed by atoms with E-state index in [1.54, 1.807) is 0 Å². The maximum Gasteiger partial charge on any atom is 0.237 e. The van der Waals surface area contributed by atoms with E-state index in [1.165, 1.54) is 30.4 Å². The lowest BCUT2D eigenvalue weighted by Gasteiger charge is -2.56. The molecule has 0 atom stereocenters. The van der Waals surface area contributed by atoms with E-state index in [-0.39, 0.29) is 5.41 Å². The summed E-state index contributed by atoms with van der Waals surface area (Å²) >= 11 is 0. The van der Waals surface area contributed by atoms with Crippen molar-refractivity contribution in [2.24, 2.45) is 23.2 Å². The Labute approximate surface area is 161 Å². The molecule has 4 bridgehead atoms. The zero-order chi connectivity index (χ0) is 18.0. The topological polar surface area (TPSA) is 20.3 Å². The van der Waals surface area contributed by atoms with Crippen LogP contribution >= 0.6 is 0 Å². The van der Waals surface area contributed by atoms with Crippen LogP contribution in [0, 0.1) is 23.2 Å². The standard InChI is InChI=1S/C25H27NO/c27-24(25-14-17-11-18(15-25)13-19(12-17)16-25)26-22-7-3-1-5-20(22)9-10-21-6-2-4-8-23(21)26/h1-8,17-19H,9-16H2. The Kier molecular flexibility index (Phi) is 3.36. The van der Waals surface area contributed by atoms with Crippen LogP contribution in [0.3, 0.4) is 0 Å². The highest BCUT2D eigenvalue weighted by molar-refractivity contribution is 6.05. The van der Waals surface area contributed by atoms with Crippen LogP contribution in [0.2, 0.25) is 0 Å². The number of benzene rings is 2.